The Bertz CT molecular complexity index is 360. The number of hydrogen-bond acceptors (Lipinski definition) is 4. The molecule has 0 saturated carbocycles. The highest BCUT2D eigenvalue weighted by Gasteiger charge is 2.12. The fraction of sp³-hybridized carbons (Fsp3) is 0.636. The topological polar surface area (TPSA) is 54.0 Å². The SMILES string of the molecule is CNCC(=O)Nc1sc(C)nc1CC(C)C. The van der Waals surface area contributed by atoms with Crippen LogP contribution in [0.3, 0.4) is 0 Å². The van der Waals surface area contributed by atoms with Gasteiger partial charge in [-0.1, -0.05) is 13.8 Å². The Morgan fingerprint density at radius 2 is 2.19 bits per heavy atom. The van der Waals surface area contributed by atoms with Crippen LogP contribution in [-0.4, -0.2) is 24.5 Å². The van der Waals surface area contributed by atoms with Gasteiger partial charge in [0.1, 0.15) is 5.00 Å². The molecule has 5 heteroatoms. The number of amides is 1. The van der Waals surface area contributed by atoms with Crippen LogP contribution in [0.25, 0.3) is 0 Å². The van der Waals surface area contributed by atoms with E-state index in [2.05, 4.69) is 29.5 Å². The van der Waals surface area contributed by atoms with Crippen LogP contribution in [-0.2, 0) is 11.2 Å². The van der Waals surface area contributed by atoms with Crippen LogP contribution in [0.2, 0.25) is 0 Å². The van der Waals surface area contributed by atoms with Crippen LogP contribution in [0.1, 0.15) is 24.5 Å². The largest absolute Gasteiger partial charge is 0.315 e. The summed E-state index contributed by atoms with van der Waals surface area (Å²) in [4.78, 5) is 15.9. The van der Waals surface area contributed by atoms with Gasteiger partial charge in [-0.2, -0.15) is 0 Å². The molecule has 0 aliphatic rings. The number of likely N-dealkylation sites (N-methyl/N-ethyl adjacent to an activating group) is 1. The minimum absolute atomic E-state index is 0.0174. The Balaban J connectivity index is 2.74. The summed E-state index contributed by atoms with van der Waals surface area (Å²) in [6, 6.07) is 0. The number of aryl methyl sites for hydroxylation is 1. The summed E-state index contributed by atoms with van der Waals surface area (Å²) < 4.78 is 0. The lowest BCUT2D eigenvalue weighted by molar-refractivity contribution is -0.115. The first-order valence-corrected chi connectivity index (χ1v) is 6.25. The highest BCUT2D eigenvalue weighted by molar-refractivity contribution is 7.16. The average Bonchev–Trinajstić information content (AvgIpc) is 2.45. The van der Waals surface area contributed by atoms with Crippen molar-refractivity contribution in [2.75, 3.05) is 18.9 Å². The first kappa shape index (κ1) is 13.1. The van der Waals surface area contributed by atoms with E-state index in [0.29, 0.717) is 12.5 Å². The van der Waals surface area contributed by atoms with E-state index < -0.39 is 0 Å². The van der Waals surface area contributed by atoms with Crippen molar-refractivity contribution in [2.24, 2.45) is 5.92 Å². The van der Waals surface area contributed by atoms with Crippen molar-refractivity contribution in [3.8, 4) is 0 Å². The molecule has 2 N–H and O–H groups in total. The molecule has 0 unspecified atom stereocenters. The second-order valence-corrected chi connectivity index (χ2v) is 5.39. The van der Waals surface area contributed by atoms with Gasteiger partial charge in [0.25, 0.3) is 0 Å². The van der Waals surface area contributed by atoms with E-state index in [1.807, 2.05) is 6.92 Å². The van der Waals surface area contributed by atoms with E-state index >= 15 is 0 Å². The van der Waals surface area contributed by atoms with Crippen LogP contribution >= 0.6 is 11.3 Å². The molecule has 0 aliphatic heterocycles. The number of nitrogens with zero attached hydrogens (tertiary/aromatic N) is 1. The smallest absolute Gasteiger partial charge is 0.238 e. The van der Waals surface area contributed by atoms with Gasteiger partial charge in [-0.25, -0.2) is 4.98 Å². The maximum atomic E-state index is 11.5. The van der Waals surface area contributed by atoms with Gasteiger partial charge in [-0.3, -0.25) is 4.79 Å². The zero-order valence-electron chi connectivity index (χ0n) is 10.3. The molecule has 0 fully saturated rings. The average molecular weight is 241 g/mol. The molecule has 0 aromatic carbocycles. The minimum atomic E-state index is -0.0174. The van der Waals surface area contributed by atoms with E-state index in [1.165, 1.54) is 11.3 Å². The normalized spacial score (nSPS) is 10.8. The Morgan fingerprint density at radius 1 is 1.50 bits per heavy atom. The van der Waals surface area contributed by atoms with E-state index in [1.54, 1.807) is 7.05 Å². The summed E-state index contributed by atoms with van der Waals surface area (Å²) >= 11 is 1.54. The van der Waals surface area contributed by atoms with Crippen molar-refractivity contribution in [1.29, 1.82) is 0 Å². The van der Waals surface area contributed by atoms with Gasteiger partial charge >= 0.3 is 0 Å². The molecule has 16 heavy (non-hydrogen) atoms. The molecule has 0 radical (unpaired) electrons. The van der Waals surface area contributed by atoms with Gasteiger partial charge in [0.2, 0.25) is 5.91 Å². The molecule has 1 rings (SSSR count). The number of nitrogens with one attached hydrogen (secondary N) is 2. The number of rotatable bonds is 5. The summed E-state index contributed by atoms with van der Waals surface area (Å²) in [7, 11) is 1.76. The number of carbonyl (C=O) groups excluding carboxylic acids is 1. The van der Waals surface area contributed by atoms with Crippen molar-refractivity contribution < 1.29 is 4.79 Å². The Labute approximate surface area is 100 Å². The summed E-state index contributed by atoms with van der Waals surface area (Å²) in [5.41, 5.74) is 1.00. The van der Waals surface area contributed by atoms with Gasteiger partial charge in [-0.05, 0) is 26.3 Å². The number of carbonyl (C=O) groups is 1. The number of aromatic nitrogens is 1. The molecule has 1 aromatic rings. The number of hydrogen-bond donors (Lipinski definition) is 2. The van der Waals surface area contributed by atoms with E-state index in [4.69, 9.17) is 0 Å². The standard InChI is InChI=1S/C11H19N3OS/c1-7(2)5-9-11(16-8(3)13-9)14-10(15)6-12-4/h7,12H,5-6H2,1-4H3,(H,14,15). The maximum Gasteiger partial charge on any atom is 0.238 e. The number of thiazole rings is 1. The summed E-state index contributed by atoms with van der Waals surface area (Å²) in [6.07, 6.45) is 0.902. The van der Waals surface area contributed by atoms with Gasteiger partial charge in [0, 0.05) is 0 Å². The van der Waals surface area contributed by atoms with Crippen LogP contribution in [0.4, 0.5) is 5.00 Å². The molecule has 0 atom stereocenters. The van der Waals surface area contributed by atoms with Crippen molar-refractivity contribution in [3.63, 3.8) is 0 Å². The third-order valence-electron chi connectivity index (χ3n) is 2.00. The molecule has 1 aromatic heterocycles. The first-order chi connectivity index (χ1) is 7.52. The maximum absolute atomic E-state index is 11.5. The lowest BCUT2D eigenvalue weighted by Crippen LogP contribution is -2.25. The van der Waals surface area contributed by atoms with Crippen molar-refractivity contribution in [2.45, 2.75) is 27.2 Å². The fourth-order valence-corrected chi connectivity index (χ4v) is 2.29. The molecule has 0 spiro atoms. The lowest BCUT2D eigenvalue weighted by Gasteiger charge is -2.06. The van der Waals surface area contributed by atoms with E-state index in [9.17, 15) is 4.79 Å². The van der Waals surface area contributed by atoms with Gasteiger partial charge in [0.05, 0.1) is 17.2 Å². The zero-order valence-corrected chi connectivity index (χ0v) is 11.1. The molecule has 0 saturated heterocycles. The molecule has 90 valence electrons. The highest BCUT2D eigenvalue weighted by Crippen LogP contribution is 2.26. The summed E-state index contributed by atoms with van der Waals surface area (Å²) in [5.74, 6) is 0.526. The van der Waals surface area contributed by atoms with Crippen LogP contribution in [0.5, 0.6) is 0 Å². The Morgan fingerprint density at radius 3 is 2.75 bits per heavy atom. The first-order valence-electron chi connectivity index (χ1n) is 5.43. The van der Waals surface area contributed by atoms with Crippen molar-refractivity contribution in [1.82, 2.24) is 10.3 Å². The third-order valence-corrected chi connectivity index (χ3v) is 2.92. The third kappa shape index (κ3) is 3.90. The molecule has 0 aliphatic carbocycles. The predicted octanol–water partition coefficient (Wildman–Crippen LogP) is 1.81. The van der Waals surface area contributed by atoms with E-state index in [0.717, 1.165) is 22.1 Å². The van der Waals surface area contributed by atoms with Crippen LogP contribution < -0.4 is 10.6 Å². The van der Waals surface area contributed by atoms with E-state index in [-0.39, 0.29) is 5.91 Å². The minimum Gasteiger partial charge on any atom is -0.315 e. The summed E-state index contributed by atoms with van der Waals surface area (Å²) in [5, 5.41) is 7.61. The molecule has 1 amide bonds. The molecule has 4 nitrogen and oxygen atoms in total. The zero-order chi connectivity index (χ0) is 12.1. The second-order valence-electron chi connectivity index (χ2n) is 4.19. The molecule has 0 bridgehead atoms. The number of anilines is 1. The van der Waals surface area contributed by atoms with Crippen LogP contribution in [0, 0.1) is 12.8 Å². The quantitative estimate of drug-likeness (QED) is 0.826. The summed E-state index contributed by atoms with van der Waals surface area (Å²) in [6.45, 7) is 6.59. The lowest BCUT2D eigenvalue weighted by atomic mass is 10.1. The monoisotopic (exact) mass is 241 g/mol. The van der Waals surface area contributed by atoms with Crippen molar-refractivity contribution >= 4 is 22.2 Å². The molecule has 1 heterocycles. The Kier molecular flexibility index (Phi) is 4.89. The predicted molar refractivity (Wildman–Crippen MR) is 67.9 cm³/mol. The fourth-order valence-electron chi connectivity index (χ4n) is 1.42. The second kappa shape index (κ2) is 5.96. The highest BCUT2D eigenvalue weighted by atomic mass is 32.1. The van der Waals surface area contributed by atoms with Crippen molar-refractivity contribution in [3.05, 3.63) is 10.7 Å². The van der Waals surface area contributed by atoms with Gasteiger partial charge < -0.3 is 10.6 Å². The Hall–Kier alpha value is -0.940. The van der Waals surface area contributed by atoms with Gasteiger partial charge in [-0.15, -0.1) is 11.3 Å². The molecular formula is C11H19N3OS. The molecular weight excluding hydrogens is 222 g/mol. The van der Waals surface area contributed by atoms with Gasteiger partial charge in [0.15, 0.2) is 0 Å². The van der Waals surface area contributed by atoms with Crippen LogP contribution in [0.15, 0.2) is 0 Å².